The van der Waals surface area contributed by atoms with Crippen molar-refractivity contribution >= 4 is 17.0 Å². The Morgan fingerprint density at radius 1 is 0.976 bits per heavy atom. The number of aromatic nitrogens is 4. The molecule has 42 heavy (non-hydrogen) atoms. The van der Waals surface area contributed by atoms with Gasteiger partial charge in [-0.25, -0.2) is 4.98 Å². The first-order chi connectivity index (χ1) is 20.3. The van der Waals surface area contributed by atoms with Gasteiger partial charge in [-0.1, -0.05) is 35.4 Å². The number of alkyl halides is 3. The van der Waals surface area contributed by atoms with Gasteiger partial charge in [0, 0.05) is 44.0 Å². The van der Waals surface area contributed by atoms with Gasteiger partial charge in [0.15, 0.2) is 5.58 Å². The highest BCUT2D eigenvalue weighted by Crippen LogP contribution is 2.32. The fourth-order valence-corrected chi connectivity index (χ4v) is 4.81. The summed E-state index contributed by atoms with van der Waals surface area (Å²) in [6.45, 7) is 1.90. The second kappa shape index (κ2) is 11.1. The van der Waals surface area contributed by atoms with Crippen LogP contribution in [0.2, 0.25) is 0 Å². The number of ether oxygens (including phenoxy) is 2. The van der Waals surface area contributed by atoms with Crippen molar-refractivity contribution in [3.63, 3.8) is 0 Å². The molecule has 1 saturated heterocycles. The Morgan fingerprint density at radius 2 is 1.76 bits per heavy atom. The zero-order chi connectivity index (χ0) is 29.3. The SMILES string of the molecule is COc1nnc(C(c2ccccc2)N2CCN(C(=O)c3cc(-c4nc5cc(OC(F)(F)F)ccc5o4)ccn3)CC2)o1. The molecule has 3 aromatic heterocycles. The standard InChI is InChI=1S/C28H23F3N6O5/c1-39-27-35-34-25(41-27)23(17-5-3-2-4-6-17)36-11-13-37(14-12-36)26(38)21-15-18(9-10-32-21)24-33-20-16-19(42-28(29,30)31)7-8-22(20)40-24/h2-10,15-16,23H,11-14H2,1H3. The van der Waals surface area contributed by atoms with Crippen LogP contribution in [0.5, 0.6) is 11.8 Å². The summed E-state index contributed by atoms with van der Waals surface area (Å²) >= 11 is 0. The molecule has 0 N–H and O–H groups in total. The van der Waals surface area contributed by atoms with E-state index in [2.05, 4.69) is 29.8 Å². The number of methoxy groups -OCH3 is 1. The first-order valence-electron chi connectivity index (χ1n) is 12.9. The smallest absolute Gasteiger partial charge is 0.452 e. The number of carbonyl (C=O) groups excluding carboxylic acids is 1. The van der Waals surface area contributed by atoms with Gasteiger partial charge in [0.1, 0.15) is 23.0 Å². The molecule has 0 spiro atoms. The fourth-order valence-electron chi connectivity index (χ4n) is 4.81. The maximum absolute atomic E-state index is 13.4. The summed E-state index contributed by atoms with van der Waals surface area (Å²) in [5, 5.41) is 8.09. The number of fused-ring (bicyclic) bond motifs is 1. The second-order valence-electron chi connectivity index (χ2n) is 9.38. The average molecular weight is 581 g/mol. The molecule has 1 aliphatic heterocycles. The molecule has 216 valence electrons. The summed E-state index contributed by atoms with van der Waals surface area (Å²) in [7, 11) is 1.45. The van der Waals surface area contributed by atoms with E-state index in [1.807, 2.05) is 30.3 Å². The molecular weight excluding hydrogens is 557 g/mol. The van der Waals surface area contributed by atoms with Gasteiger partial charge in [0.2, 0.25) is 11.8 Å². The third kappa shape index (κ3) is 5.74. The van der Waals surface area contributed by atoms with Crippen molar-refractivity contribution in [1.82, 2.24) is 30.0 Å². The molecular formula is C28H23F3N6O5. The normalized spacial score (nSPS) is 15.1. The Morgan fingerprint density at radius 3 is 2.48 bits per heavy atom. The van der Waals surface area contributed by atoms with Crippen LogP contribution < -0.4 is 9.47 Å². The number of pyridine rings is 1. The van der Waals surface area contributed by atoms with Crippen LogP contribution in [0.3, 0.4) is 0 Å². The van der Waals surface area contributed by atoms with Crippen LogP contribution in [0.1, 0.15) is 28.0 Å². The Labute approximate surface area is 236 Å². The number of piperazine rings is 1. The van der Waals surface area contributed by atoms with Crippen molar-refractivity contribution in [2.45, 2.75) is 12.4 Å². The Kier molecular flexibility index (Phi) is 7.20. The van der Waals surface area contributed by atoms with Gasteiger partial charge in [0.25, 0.3) is 5.91 Å². The summed E-state index contributed by atoms with van der Waals surface area (Å²) in [5.74, 6) is -0.157. The molecule has 0 radical (unpaired) electrons. The average Bonchev–Trinajstić information content (AvgIpc) is 3.64. The number of benzene rings is 2. The molecule has 2 aromatic carbocycles. The number of carbonyl (C=O) groups is 1. The first-order valence-corrected chi connectivity index (χ1v) is 12.9. The molecule has 1 amide bonds. The molecule has 6 rings (SSSR count). The summed E-state index contributed by atoms with van der Waals surface area (Å²) < 4.78 is 58.2. The summed E-state index contributed by atoms with van der Waals surface area (Å²) in [6, 6.07) is 16.2. The van der Waals surface area contributed by atoms with E-state index in [1.165, 1.54) is 19.4 Å². The van der Waals surface area contributed by atoms with Crippen molar-refractivity contribution in [2.75, 3.05) is 33.3 Å². The van der Waals surface area contributed by atoms with Crippen LogP contribution in [-0.4, -0.2) is 75.5 Å². The maximum atomic E-state index is 13.4. The van der Waals surface area contributed by atoms with Gasteiger partial charge in [-0.05, 0) is 29.8 Å². The van der Waals surface area contributed by atoms with Gasteiger partial charge in [-0.2, -0.15) is 0 Å². The zero-order valence-corrected chi connectivity index (χ0v) is 22.1. The van der Waals surface area contributed by atoms with Crippen LogP contribution in [0.25, 0.3) is 22.6 Å². The van der Waals surface area contributed by atoms with Crippen LogP contribution >= 0.6 is 0 Å². The maximum Gasteiger partial charge on any atom is 0.573 e. The number of nitrogens with zero attached hydrogens (tertiary/aromatic N) is 6. The number of halogens is 3. The molecule has 5 aromatic rings. The largest absolute Gasteiger partial charge is 0.573 e. The molecule has 14 heteroatoms. The number of rotatable bonds is 7. The molecule has 0 aliphatic carbocycles. The fraction of sp³-hybridized carbons (Fsp3) is 0.250. The minimum atomic E-state index is -4.82. The van der Waals surface area contributed by atoms with Crippen LogP contribution in [0.4, 0.5) is 13.2 Å². The predicted molar refractivity (Wildman–Crippen MR) is 141 cm³/mol. The summed E-state index contributed by atoms with van der Waals surface area (Å²) in [4.78, 5) is 25.8. The van der Waals surface area contributed by atoms with Gasteiger partial charge >= 0.3 is 12.4 Å². The number of oxazole rings is 1. The van der Waals surface area contributed by atoms with Crippen molar-refractivity contribution < 1.29 is 36.3 Å². The predicted octanol–water partition coefficient (Wildman–Crippen LogP) is 4.73. The molecule has 1 unspecified atom stereocenters. The molecule has 4 heterocycles. The van der Waals surface area contributed by atoms with Gasteiger partial charge in [-0.3, -0.25) is 14.7 Å². The third-order valence-corrected chi connectivity index (χ3v) is 6.73. The lowest BCUT2D eigenvalue weighted by molar-refractivity contribution is -0.274. The van der Waals surface area contributed by atoms with Gasteiger partial charge in [-0.15, -0.1) is 18.3 Å². The topological polar surface area (TPSA) is 120 Å². The summed E-state index contributed by atoms with van der Waals surface area (Å²) in [6.07, 6.45) is -3.30. The first kappa shape index (κ1) is 27.2. The molecule has 0 bridgehead atoms. The Balaban J connectivity index is 1.17. The monoisotopic (exact) mass is 580 g/mol. The van der Waals surface area contributed by atoms with E-state index in [0.29, 0.717) is 37.6 Å². The molecule has 1 fully saturated rings. The number of hydrogen-bond donors (Lipinski definition) is 0. The molecule has 1 aliphatic rings. The summed E-state index contributed by atoms with van der Waals surface area (Å²) in [5.41, 5.74) is 2.06. The number of amides is 1. The van der Waals surface area contributed by atoms with E-state index in [9.17, 15) is 18.0 Å². The quantitative estimate of drug-likeness (QED) is 0.267. The van der Waals surface area contributed by atoms with E-state index in [-0.39, 0.29) is 40.7 Å². The van der Waals surface area contributed by atoms with Crippen LogP contribution in [0, 0.1) is 0 Å². The van der Waals surface area contributed by atoms with Crippen molar-refractivity contribution in [3.05, 3.63) is 84.0 Å². The molecule has 0 saturated carbocycles. The minimum Gasteiger partial charge on any atom is -0.452 e. The van der Waals surface area contributed by atoms with E-state index in [1.54, 1.807) is 17.0 Å². The van der Waals surface area contributed by atoms with E-state index in [0.717, 1.165) is 17.7 Å². The highest BCUT2D eigenvalue weighted by Gasteiger charge is 2.33. The van der Waals surface area contributed by atoms with E-state index >= 15 is 0 Å². The number of hydrogen-bond acceptors (Lipinski definition) is 10. The molecule has 11 nitrogen and oxygen atoms in total. The van der Waals surface area contributed by atoms with Crippen molar-refractivity contribution in [1.29, 1.82) is 0 Å². The van der Waals surface area contributed by atoms with E-state index in [4.69, 9.17) is 13.6 Å². The van der Waals surface area contributed by atoms with Crippen molar-refractivity contribution in [3.8, 4) is 23.3 Å². The van der Waals surface area contributed by atoms with Crippen LogP contribution in [-0.2, 0) is 0 Å². The lowest BCUT2D eigenvalue weighted by Gasteiger charge is -2.38. The third-order valence-electron chi connectivity index (χ3n) is 6.73. The Hall–Kier alpha value is -4.98. The van der Waals surface area contributed by atoms with Crippen LogP contribution in [0.15, 0.2) is 75.7 Å². The molecule has 1 atom stereocenters. The van der Waals surface area contributed by atoms with E-state index < -0.39 is 12.1 Å². The highest BCUT2D eigenvalue weighted by atomic mass is 19.4. The second-order valence-corrected chi connectivity index (χ2v) is 9.38. The zero-order valence-electron chi connectivity index (χ0n) is 22.1. The lowest BCUT2D eigenvalue weighted by Crippen LogP contribution is -2.50. The van der Waals surface area contributed by atoms with Gasteiger partial charge < -0.3 is 23.2 Å². The highest BCUT2D eigenvalue weighted by molar-refractivity contribution is 5.93. The minimum absolute atomic E-state index is 0.0692. The Bertz CT molecular complexity index is 1700. The van der Waals surface area contributed by atoms with Crippen molar-refractivity contribution in [2.24, 2.45) is 0 Å². The van der Waals surface area contributed by atoms with Gasteiger partial charge in [0.05, 0.1) is 7.11 Å². The lowest BCUT2D eigenvalue weighted by atomic mass is 10.0.